The fourth-order valence-corrected chi connectivity index (χ4v) is 1.94. The molecule has 0 saturated heterocycles. The van der Waals surface area contributed by atoms with Gasteiger partial charge in [0.1, 0.15) is 22.7 Å². The van der Waals surface area contributed by atoms with Gasteiger partial charge in [-0.05, 0) is 12.1 Å². The van der Waals surface area contributed by atoms with Crippen LogP contribution in [0.5, 0.6) is 0 Å². The molecule has 4 nitrogen and oxygen atoms in total. The molecule has 90 valence electrons. The van der Waals surface area contributed by atoms with Crippen LogP contribution in [0.25, 0.3) is 0 Å². The summed E-state index contributed by atoms with van der Waals surface area (Å²) < 4.78 is 27.0. The van der Waals surface area contributed by atoms with Gasteiger partial charge in [0.25, 0.3) is 0 Å². The molecule has 0 radical (unpaired) electrons. The molecule has 1 aromatic carbocycles. The standard InChI is InChI=1S/C11H6F2N4S/c12-8-1-6(15)2-9(13)11(8)18-10-5-16-7(3-14)4-17-10/h1-2,4-5H,15H2. The van der Waals surface area contributed by atoms with Crippen LogP contribution in [-0.2, 0) is 0 Å². The van der Waals surface area contributed by atoms with E-state index in [0.717, 1.165) is 23.9 Å². The molecule has 0 saturated carbocycles. The molecule has 0 amide bonds. The fraction of sp³-hybridized carbons (Fsp3) is 0. The summed E-state index contributed by atoms with van der Waals surface area (Å²) >= 11 is 0.780. The van der Waals surface area contributed by atoms with Crippen molar-refractivity contribution in [2.75, 3.05) is 5.73 Å². The lowest BCUT2D eigenvalue weighted by molar-refractivity contribution is 0.541. The van der Waals surface area contributed by atoms with Gasteiger partial charge in [-0.25, -0.2) is 18.7 Å². The zero-order valence-corrected chi connectivity index (χ0v) is 9.71. The number of nitrogen functional groups attached to an aromatic ring is 1. The van der Waals surface area contributed by atoms with Crippen molar-refractivity contribution >= 4 is 17.4 Å². The predicted molar refractivity (Wildman–Crippen MR) is 61.6 cm³/mol. The maximum Gasteiger partial charge on any atom is 0.158 e. The van der Waals surface area contributed by atoms with Crippen LogP contribution in [0.3, 0.4) is 0 Å². The highest BCUT2D eigenvalue weighted by molar-refractivity contribution is 7.99. The Labute approximate surface area is 105 Å². The van der Waals surface area contributed by atoms with E-state index in [-0.39, 0.29) is 21.3 Å². The van der Waals surface area contributed by atoms with E-state index in [2.05, 4.69) is 9.97 Å². The first kappa shape index (κ1) is 12.3. The summed E-state index contributed by atoms with van der Waals surface area (Å²) in [5.74, 6) is -1.52. The largest absolute Gasteiger partial charge is 0.399 e. The van der Waals surface area contributed by atoms with Gasteiger partial charge in [0, 0.05) is 5.69 Å². The number of benzene rings is 1. The van der Waals surface area contributed by atoms with Gasteiger partial charge < -0.3 is 5.73 Å². The van der Waals surface area contributed by atoms with Crippen LogP contribution in [0.4, 0.5) is 14.5 Å². The van der Waals surface area contributed by atoms with Crippen molar-refractivity contribution in [1.82, 2.24) is 9.97 Å². The van der Waals surface area contributed by atoms with E-state index in [1.165, 1.54) is 12.4 Å². The molecule has 18 heavy (non-hydrogen) atoms. The number of hydrogen-bond acceptors (Lipinski definition) is 5. The highest BCUT2D eigenvalue weighted by atomic mass is 32.2. The quantitative estimate of drug-likeness (QED) is 0.843. The Kier molecular flexibility index (Phi) is 3.39. The number of nitriles is 1. The Morgan fingerprint density at radius 2 is 1.83 bits per heavy atom. The van der Waals surface area contributed by atoms with Gasteiger partial charge in [-0.15, -0.1) is 0 Å². The number of hydrogen-bond donors (Lipinski definition) is 1. The first-order valence-corrected chi connectivity index (χ1v) is 5.56. The first-order chi connectivity index (χ1) is 8.60. The Morgan fingerprint density at radius 1 is 1.17 bits per heavy atom. The SMILES string of the molecule is N#Cc1cnc(Sc2c(F)cc(N)cc2F)cn1. The lowest BCUT2D eigenvalue weighted by atomic mass is 10.3. The normalized spacial score (nSPS) is 10.1. The van der Waals surface area contributed by atoms with Crippen LogP contribution < -0.4 is 5.73 Å². The van der Waals surface area contributed by atoms with Crippen LogP contribution in [0.1, 0.15) is 5.69 Å². The minimum atomic E-state index is -0.761. The molecular weight excluding hydrogens is 258 g/mol. The Bertz CT molecular complexity index is 599. The van der Waals surface area contributed by atoms with E-state index < -0.39 is 11.6 Å². The van der Waals surface area contributed by atoms with Crippen LogP contribution in [0, 0.1) is 23.0 Å². The van der Waals surface area contributed by atoms with Gasteiger partial charge in [0.15, 0.2) is 5.69 Å². The molecule has 1 aromatic heterocycles. The molecule has 0 aliphatic carbocycles. The average molecular weight is 264 g/mol. The van der Waals surface area contributed by atoms with Crippen molar-refractivity contribution in [3.05, 3.63) is 41.9 Å². The van der Waals surface area contributed by atoms with Crippen LogP contribution in [0.15, 0.2) is 34.4 Å². The van der Waals surface area contributed by atoms with Crippen molar-refractivity contribution in [3.8, 4) is 6.07 Å². The van der Waals surface area contributed by atoms with Gasteiger partial charge >= 0.3 is 0 Å². The maximum absolute atomic E-state index is 13.5. The molecule has 0 unspecified atom stereocenters. The number of rotatable bonds is 2. The van der Waals surface area contributed by atoms with E-state index in [1.54, 1.807) is 6.07 Å². The number of aromatic nitrogens is 2. The molecule has 0 aliphatic rings. The molecule has 2 N–H and O–H groups in total. The molecule has 7 heteroatoms. The number of nitrogens with zero attached hydrogens (tertiary/aromatic N) is 3. The summed E-state index contributed by atoms with van der Waals surface area (Å²) in [5, 5.41) is 8.83. The summed E-state index contributed by atoms with van der Waals surface area (Å²) in [6.45, 7) is 0. The second kappa shape index (κ2) is 4.98. The second-order valence-corrected chi connectivity index (χ2v) is 4.30. The maximum atomic E-state index is 13.5. The van der Waals surface area contributed by atoms with Gasteiger partial charge in [0.2, 0.25) is 0 Å². The molecule has 0 fully saturated rings. The van der Waals surface area contributed by atoms with Crippen molar-refractivity contribution in [2.45, 2.75) is 9.92 Å². The minimum absolute atomic E-state index is 0.0141. The van der Waals surface area contributed by atoms with Crippen molar-refractivity contribution in [2.24, 2.45) is 0 Å². The summed E-state index contributed by atoms with van der Waals surface area (Å²) in [4.78, 5) is 7.41. The lowest BCUT2D eigenvalue weighted by Crippen LogP contribution is -1.94. The molecule has 2 aromatic rings. The number of nitrogens with two attached hydrogens (primary N) is 1. The third-order valence-corrected chi connectivity index (χ3v) is 2.98. The highest BCUT2D eigenvalue weighted by Gasteiger charge is 2.12. The summed E-state index contributed by atoms with van der Waals surface area (Å²) in [7, 11) is 0. The van der Waals surface area contributed by atoms with Crippen molar-refractivity contribution < 1.29 is 8.78 Å². The summed E-state index contributed by atoms with van der Waals surface area (Å²) in [6.07, 6.45) is 2.51. The van der Waals surface area contributed by atoms with Crippen LogP contribution in [-0.4, -0.2) is 9.97 Å². The summed E-state index contributed by atoms with van der Waals surface area (Å²) in [6, 6.07) is 3.86. The molecule has 1 heterocycles. The molecule has 0 spiro atoms. The molecular formula is C11H6F2N4S. The summed E-state index contributed by atoms with van der Waals surface area (Å²) in [5.41, 5.74) is 5.46. The number of halogens is 2. The van der Waals surface area contributed by atoms with Crippen molar-refractivity contribution in [3.63, 3.8) is 0 Å². The lowest BCUT2D eigenvalue weighted by Gasteiger charge is -2.04. The minimum Gasteiger partial charge on any atom is -0.399 e. The first-order valence-electron chi connectivity index (χ1n) is 4.74. The predicted octanol–water partition coefficient (Wildman–Crippen LogP) is 2.36. The Morgan fingerprint density at radius 3 is 2.33 bits per heavy atom. The smallest absolute Gasteiger partial charge is 0.158 e. The Balaban J connectivity index is 2.31. The van der Waals surface area contributed by atoms with E-state index in [0.29, 0.717) is 0 Å². The van der Waals surface area contributed by atoms with E-state index >= 15 is 0 Å². The Hall–Kier alpha value is -2.20. The van der Waals surface area contributed by atoms with Crippen molar-refractivity contribution in [1.29, 1.82) is 5.26 Å². The average Bonchev–Trinajstić information content (AvgIpc) is 2.34. The second-order valence-electron chi connectivity index (χ2n) is 3.27. The third-order valence-electron chi connectivity index (χ3n) is 1.97. The van der Waals surface area contributed by atoms with E-state index in [1.807, 2.05) is 0 Å². The molecule has 0 atom stereocenters. The highest BCUT2D eigenvalue weighted by Crippen LogP contribution is 2.31. The van der Waals surface area contributed by atoms with Crippen LogP contribution >= 0.6 is 11.8 Å². The van der Waals surface area contributed by atoms with Gasteiger partial charge in [-0.1, -0.05) is 11.8 Å². The van der Waals surface area contributed by atoms with Crippen LogP contribution in [0.2, 0.25) is 0 Å². The van der Waals surface area contributed by atoms with Gasteiger partial charge in [0.05, 0.1) is 17.3 Å². The zero-order chi connectivity index (χ0) is 13.1. The number of anilines is 1. The molecule has 0 aliphatic heterocycles. The fourth-order valence-electron chi connectivity index (χ4n) is 1.21. The molecule has 0 bridgehead atoms. The third kappa shape index (κ3) is 2.55. The molecule has 2 rings (SSSR count). The van der Waals surface area contributed by atoms with E-state index in [4.69, 9.17) is 11.0 Å². The van der Waals surface area contributed by atoms with E-state index in [9.17, 15) is 8.78 Å². The monoisotopic (exact) mass is 264 g/mol. The zero-order valence-electron chi connectivity index (χ0n) is 8.89. The van der Waals surface area contributed by atoms with Gasteiger partial charge in [-0.3, -0.25) is 0 Å². The topological polar surface area (TPSA) is 75.6 Å². The van der Waals surface area contributed by atoms with Gasteiger partial charge in [-0.2, -0.15) is 5.26 Å².